The fourth-order valence-corrected chi connectivity index (χ4v) is 3.02. The molecule has 0 aliphatic rings. The molecule has 0 spiro atoms. The van der Waals surface area contributed by atoms with Crippen LogP contribution in [0.1, 0.15) is 22.8 Å². The smallest absolute Gasteiger partial charge is 0.257 e. The average molecular weight is 447 g/mol. The highest BCUT2D eigenvalue weighted by Crippen LogP contribution is 2.16. The number of ether oxygens (including phenoxy) is 2. The van der Waals surface area contributed by atoms with Crippen LogP contribution in [-0.2, 0) is 6.42 Å². The van der Waals surface area contributed by atoms with Crippen molar-refractivity contribution in [1.82, 2.24) is 5.32 Å². The predicted octanol–water partition coefficient (Wildman–Crippen LogP) is 5.39. The summed E-state index contributed by atoms with van der Waals surface area (Å²) in [5.41, 5.74) is 3.41. The van der Waals surface area contributed by atoms with Crippen molar-refractivity contribution in [3.63, 3.8) is 0 Å². The molecule has 0 saturated heterocycles. The van der Waals surface area contributed by atoms with E-state index in [1.54, 1.807) is 24.3 Å². The molecule has 0 aliphatic carbocycles. The predicted molar refractivity (Wildman–Crippen MR) is 133 cm³/mol. The molecule has 0 radical (unpaired) electrons. The molecule has 32 heavy (non-hydrogen) atoms. The van der Waals surface area contributed by atoms with E-state index in [9.17, 15) is 4.79 Å². The third kappa shape index (κ3) is 7.56. The fraction of sp³-hybridized carbons (Fsp3) is 0.154. The van der Waals surface area contributed by atoms with E-state index >= 15 is 0 Å². The zero-order valence-corrected chi connectivity index (χ0v) is 18.8. The second-order valence-corrected chi connectivity index (χ2v) is 7.70. The molecule has 0 aliphatic heterocycles. The molecule has 0 saturated carbocycles. The first-order valence-corrected chi connectivity index (χ1v) is 10.7. The van der Waals surface area contributed by atoms with E-state index in [1.165, 1.54) is 5.56 Å². The molecule has 2 N–H and O–H groups in total. The van der Waals surface area contributed by atoms with Crippen molar-refractivity contribution < 1.29 is 14.3 Å². The Labute approximate surface area is 194 Å². The maximum Gasteiger partial charge on any atom is 0.257 e. The highest BCUT2D eigenvalue weighted by atomic mass is 32.1. The van der Waals surface area contributed by atoms with Gasteiger partial charge in [-0.05, 0) is 78.8 Å². The second kappa shape index (κ2) is 11.7. The van der Waals surface area contributed by atoms with E-state index in [2.05, 4.69) is 29.3 Å². The zero-order valence-electron chi connectivity index (χ0n) is 18.0. The lowest BCUT2D eigenvalue weighted by atomic mass is 10.2. The highest BCUT2D eigenvalue weighted by Gasteiger charge is 2.08. The molecule has 0 bridgehead atoms. The molecule has 1 amide bonds. The van der Waals surface area contributed by atoms with Gasteiger partial charge in [-0.15, -0.1) is 0 Å². The fourth-order valence-electron chi connectivity index (χ4n) is 2.81. The summed E-state index contributed by atoms with van der Waals surface area (Å²) in [7, 11) is 0. The Balaban J connectivity index is 1.44. The van der Waals surface area contributed by atoms with Gasteiger partial charge < -0.3 is 14.8 Å². The highest BCUT2D eigenvalue weighted by molar-refractivity contribution is 7.80. The van der Waals surface area contributed by atoms with Crippen LogP contribution in [-0.4, -0.2) is 24.2 Å². The van der Waals surface area contributed by atoms with Crippen molar-refractivity contribution in [3.05, 3.63) is 102 Å². The lowest BCUT2D eigenvalue weighted by Gasteiger charge is -2.11. The molecular weight excluding hydrogens is 420 g/mol. The molecule has 3 rings (SSSR count). The van der Waals surface area contributed by atoms with Gasteiger partial charge in [0.2, 0.25) is 0 Å². The van der Waals surface area contributed by atoms with Gasteiger partial charge in [-0.3, -0.25) is 10.1 Å². The lowest BCUT2D eigenvalue weighted by molar-refractivity contribution is 0.0977. The topological polar surface area (TPSA) is 59.6 Å². The van der Waals surface area contributed by atoms with Gasteiger partial charge in [0.1, 0.15) is 18.1 Å². The third-order valence-corrected chi connectivity index (χ3v) is 4.65. The molecular formula is C26H26N2O3S. The average Bonchev–Trinajstić information content (AvgIpc) is 2.79. The summed E-state index contributed by atoms with van der Waals surface area (Å²) in [6.07, 6.45) is 0.823. The van der Waals surface area contributed by atoms with Gasteiger partial charge in [0.15, 0.2) is 5.11 Å². The van der Waals surface area contributed by atoms with E-state index in [-0.39, 0.29) is 11.0 Å². The number of hydrogen-bond donors (Lipinski definition) is 2. The summed E-state index contributed by atoms with van der Waals surface area (Å²) in [6.45, 7) is 6.75. The lowest BCUT2D eigenvalue weighted by Crippen LogP contribution is -2.34. The molecule has 0 unspecified atom stereocenters. The molecule has 0 atom stereocenters. The Bertz CT molecular complexity index is 1050. The van der Waals surface area contributed by atoms with Crippen LogP contribution in [0, 0.1) is 0 Å². The first-order valence-electron chi connectivity index (χ1n) is 10.3. The largest absolute Gasteiger partial charge is 0.493 e. The van der Waals surface area contributed by atoms with Gasteiger partial charge in [0, 0.05) is 17.7 Å². The quantitative estimate of drug-likeness (QED) is 0.341. The summed E-state index contributed by atoms with van der Waals surface area (Å²) in [4.78, 5) is 12.5. The van der Waals surface area contributed by atoms with Crippen LogP contribution in [0.5, 0.6) is 11.5 Å². The first kappa shape index (κ1) is 23.0. The minimum Gasteiger partial charge on any atom is -0.493 e. The third-order valence-electron chi connectivity index (χ3n) is 4.44. The number of rotatable bonds is 9. The normalized spacial score (nSPS) is 10.2. The minimum atomic E-state index is -0.292. The first-order chi connectivity index (χ1) is 15.5. The van der Waals surface area contributed by atoms with Gasteiger partial charge in [-0.2, -0.15) is 0 Å². The Morgan fingerprint density at radius 1 is 0.906 bits per heavy atom. The SMILES string of the molecule is C=C(C)COc1ccc(NC(=S)NC(=O)c2ccc(OCCc3ccccc3)cc2)cc1. The number of hydrogen-bond acceptors (Lipinski definition) is 4. The van der Waals surface area contributed by atoms with Crippen molar-refractivity contribution in [2.45, 2.75) is 13.3 Å². The number of carbonyl (C=O) groups is 1. The monoisotopic (exact) mass is 446 g/mol. The van der Waals surface area contributed by atoms with E-state index in [0.717, 1.165) is 23.4 Å². The van der Waals surface area contributed by atoms with Crippen molar-refractivity contribution in [3.8, 4) is 11.5 Å². The number of nitrogens with one attached hydrogen (secondary N) is 2. The van der Waals surface area contributed by atoms with Crippen LogP contribution < -0.4 is 20.1 Å². The molecule has 3 aromatic rings. The van der Waals surface area contributed by atoms with Crippen molar-refractivity contribution in [2.24, 2.45) is 0 Å². The number of carbonyl (C=O) groups excluding carboxylic acids is 1. The summed E-state index contributed by atoms with van der Waals surface area (Å²) in [6, 6.07) is 24.4. The van der Waals surface area contributed by atoms with Crippen molar-refractivity contribution in [2.75, 3.05) is 18.5 Å². The Morgan fingerprint density at radius 3 is 2.19 bits per heavy atom. The molecule has 6 heteroatoms. The van der Waals surface area contributed by atoms with E-state index in [0.29, 0.717) is 24.5 Å². The number of anilines is 1. The number of thiocarbonyl (C=S) groups is 1. The van der Waals surface area contributed by atoms with Gasteiger partial charge >= 0.3 is 0 Å². The van der Waals surface area contributed by atoms with Crippen LogP contribution in [0.25, 0.3) is 0 Å². The van der Waals surface area contributed by atoms with E-state index < -0.39 is 0 Å². The maximum atomic E-state index is 12.5. The van der Waals surface area contributed by atoms with Crippen LogP contribution >= 0.6 is 12.2 Å². The van der Waals surface area contributed by atoms with Gasteiger partial charge in [-0.1, -0.05) is 36.9 Å². The Hall–Kier alpha value is -3.64. The summed E-state index contributed by atoms with van der Waals surface area (Å²) in [5, 5.41) is 5.89. The second-order valence-electron chi connectivity index (χ2n) is 7.29. The molecule has 3 aromatic carbocycles. The number of amides is 1. The van der Waals surface area contributed by atoms with Gasteiger partial charge in [0.25, 0.3) is 5.91 Å². The zero-order chi connectivity index (χ0) is 22.8. The van der Waals surface area contributed by atoms with Gasteiger partial charge in [0.05, 0.1) is 6.61 Å². The minimum absolute atomic E-state index is 0.216. The Kier molecular flexibility index (Phi) is 8.40. The maximum absolute atomic E-state index is 12.5. The Morgan fingerprint density at radius 2 is 1.53 bits per heavy atom. The molecule has 0 heterocycles. The molecule has 164 valence electrons. The standard InChI is InChI=1S/C26H26N2O3S/c1-19(2)18-31-24-14-10-22(11-15-24)27-26(32)28-25(29)21-8-12-23(13-9-21)30-17-16-20-6-4-3-5-7-20/h3-15H,1,16-18H2,2H3,(H2,27,28,29,32). The van der Waals surface area contributed by atoms with Crippen molar-refractivity contribution in [1.29, 1.82) is 0 Å². The molecule has 5 nitrogen and oxygen atoms in total. The molecule has 0 aromatic heterocycles. The van der Waals surface area contributed by atoms with Crippen molar-refractivity contribution >= 4 is 28.9 Å². The molecule has 0 fully saturated rings. The van der Waals surface area contributed by atoms with Crippen LogP contribution in [0.2, 0.25) is 0 Å². The van der Waals surface area contributed by atoms with E-state index in [1.807, 2.05) is 49.4 Å². The van der Waals surface area contributed by atoms with Crippen LogP contribution in [0.15, 0.2) is 91.0 Å². The summed E-state index contributed by atoms with van der Waals surface area (Å²) >= 11 is 5.25. The van der Waals surface area contributed by atoms with Gasteiger partial charge in [-0.25, -0.2) is 0 Å². The number of benzene rings is 3. The summed E-state index contributed by atoms with van der Waals surface area (Å²) < 4.78 is 11.3. The summed E-state index contributed by atoms with van der Waals surface area (Å²) in [5.74, 6) is 1.16. The van der Waals surface area contributed by atoms with Crippen LogP contribution in [0.3, 0.4) is 0 Å². The van der Waals surface area contributed by atoms with Crippen LogP contribution in [0.4, 0.5) is 5.69 Å². The van der Waals surface area contributed by atoms with E-state index in [4.69, 9.17) is 21.7 Å².